The average molecular weight is 108 g/mol. The van der Waals surface area contributed by atoms with Gasteiger partial charge in [0.15, 0.2) is 0 Å². The topological polar surface area (TPSA) is 23.1 Å². The molecule has 0 amide bonds. The van der Waals surface area contributed by atoms with E-state index in [1.807, 2.05) is 6.92 Å². The van der Waals surface area contributed by atoms with Crippen LogP contribution in [0.3, 0.4) is 0 Å². The number of rotatable bonds is 2. The zero-order valence-electron chi connectivity index (χ0n) is 5.03. The van der Waals surface area contributed by atoms with Gasteiger partial charge in [-0.2, -0.15) is 0 Å². The second-order valence-electron chi connectivity index (χ2n) is 1.29. The summed E-state index contributed by atoms with van der Waals surface area (Å²) in [6.07, 6.45) is 1.54. The first kappa shape index (κ1) is 10.5. The summed E-state index contributed by atoms with van der Waals surface area (Å²) in [6, 6.07) is 0. The van der Waals surface area contributed by atoms with Gasteiger partial charge in [0.2, 0.25) is 0 Å². The predicted octanol–water partition coefficient (Wildman–Crippen LogP) is -2.34. The Balaban J connectivity index is 0. The van der Waals surface area contributed by atoms with Crippen molar-refractivity contribution >= 4 is 0 Å². The molecule has 0 radical (unpaired) electrons. The van der Waals surface area contributed by atoms with E-state index in [-0.39, 0.29) is 35.3 Å². The van der Waals surface area contributed by atoms with Crippen LogP contribution in [0.2, 0.25) is 0 Å². The second kappa shape index (κ2) is 6.54. The fourth-order valence-electron chi connectivity index (χ4n) is 0.279. The van der Waals surface area contributed by atoms with Gasteiger partial charge < -0.3 is 5.11 Å². The van der Waals surface area contributed by atoms with Gasteiger partial charge in [0.05, 0.1) is 0 Å². The van der Waals surface area contributed by atoms with Gasteiger partial charge in [-0.05, 0) is 6.42 Å². The third-order valence-electron chi connectivity index (χ3n) is 0.529. The molecule has 0 atom stereocenters. The molecular formula is C5H9NaO. The summed E-state index contributed by atoms with van der Waals surface area (Å²) < 4.78 is 0. The Bertz CT molecular complexity index is 52.0. The molecule has 0 heterocycles. The standard InChI is InChI=1S/C5H10O.Na/c1-3-4-5(2)6;/h6H,2-4H2,1H3;/q;+1/p-1. The van der Waals surface area contributed by atoms with Crippen molar-refractivity contribution in [3.05, 3.63) is 12.3 Å². The Morgan fingerprint density at radius 1 is 1.71 bits per heavy atom. The van der Waals surface area contributed by atoms with Crippen LogP contribution in [0.4, 0.5) is 0 Å². The predicted molar refractivity (Wildman–Crippen MR) is 24.0 cm³/mol. The van der Waals surface area contributed by atoms with Gasteiger partial charge in [-0.3, -0.25) is 0 Å². The van der Waals surface area contributed by atoms with E-state index >= 15 is 0 Å². The molecule has 0 saturated carbocycles. The van der Waals surface area contributed by atoms with E-state index in [9.17, 15) is 5.11 Å². The Morgan fingerprint density at radius 2 is 2.14 bits per heavy atom. The van der Waals surface area contributed by atoms with Gasteiger partial charge >= 0.3 is 29.6 Å². The summed E-state index contributed by atoms with van der Waals surface area (Å²) >= 11 is 0. The van der Waals surface area contributed by atoms with Gasteiger partial charge in [0.25, 0.3) is 0 Å². The van der Waals surface area contributed by atoms with Crippen molar-refractivity contribution in [1.29, 1.82) is 0 Å². The van der Waals surface area contributed by atoms with Crippen molar-refractivity contribution in [2.75, 3.05) is 0 Å². The van der Waals surface area contributed by atoms with Gasteiger partial charge in [-0.1, -0.05) is 13.3 Å². The zero-order chi connectivity index (χ0) is 4.99. The van der Waals surface area contributed by atoms with Crippen LogP contribution in [0, 0.1) is 0 Å². The van der Waals surface area contributed by atoms with E-state index in [2.05, 4.69) is 6.58 Å². The minimum Gasteiger partial charge on any atom is -0.876 e. The van der Waals surface area contributed by atoms with Crippen molar-refractivity contribution < 1.29 is 34.7 Å². The van der Waals surface area contributed by atoms with E-state index in [0.29, 0.717) is 6.42 Å². The molecule has 0 aromatic carbocycles. The van der Waals surface area contributed by atoms with Crippen LogP contribution in [0.25, 0.3) is 0 Å². The average Bonchev–Trinajstić information content (AvgIpc) is 1.35. The molecule has 0 bridgehead atoms. The normalized spacial score (nSPS) is 7.00. The largest absolute Gasteiger partial charge is 1.00 e. The van der Waals surface area contributed by atoms with Crippen LogP contribution in [0.15, 0.2) is 12.3 Å². The summed E-state index contributed by atoms with van der Waals surface area (Å²) in [4.78, 5) is 0. The van der Waals surface area contributed by atoms with Crippen LogP contribution in [-0.4, -0.2) is 0 Å². The molecule has 0 aliphatic rings. The van der Waals surface area contributed by atoms with E-state index in [1.165, 1.54) is 0 Å². The summed E-state index contributed by atoms with van der Waals surface area (Å²) in [6.45, 7) is 5.15. The minimum atomic E-state index is 0. The first-order chi connectivity index (χ1) is 2.77. The minimum absolute atomic E-state index is 0. The van der Waals surface area contributed by atoms with Crippen molar-refractivity contribution in [3.63, 3.8) is 0 Å². The van der Waals surface area contributed by atoms with Gasteiger partial charge in [0, 0.05) is 0 Å². The molecule has 36 valence electrons. The Labute approximate surface area is 66.7 Å². The van der Waals surface area contributed by atoms with Crippen molar-refractivity contribution in [3.8, 4) is 0 Å². The first-order valence-electron chi connectivity index (χ1n) is 2.12. The fourth-order valence-corrected chi connectivity index (χ4v) is 0.279. The maximum atomic E-state index is 9.93. The van der Waals surface area contributed by atoms with Crippen molar-refractivity contribution in [2.24, 2.45) is 0 Å². The molecule has 0 spiro atoms. The van der Waals surface area contributed by atoms with Crippen LogP contribution >= 0.6 is 0 Å². The number of allylic oxidation sites excluding steroid dienone is 1. The van der Waals surface area contributed by atoms with Crippen LogP contribution in [0.1, 0.15) is 19.8 Å². The third-order valence-corrected chi connectivity index (χ3v) is 0.529. The SMILES string of the molecule is C=C([O-])CCC.[Na+]. The molecule has 7 heavy (non-hydrogen) atoms. The molecular weight excluding hydrogens is 99.0 g/mol. The summed E-state index contributed by atoms with van der Waals surface area (Å²) in [5.74, 6) is 0.0394. The van der Waals surface area contributed by atoms with E-state index in [1.54, 1.807) is 0 Å². The molecule has 0 unspecified atom stereocenters. The van der Waals surface area contributed by atoms with Crippen molar-refractivity contribution in [2.45, 2.75) is 19.8 Å². The quantitative estimate of drug-likeness (QED) is 0.287. The van der Waals surface area contributed by atoms with Crippen LogP contribution in [-0.2, 0) is 0 Å². The van der Waals surface area contributed by atoms with E-state index < -0.39 is 0 Å². The summed E-state index contributed by atoms with van der Waals surface area (Å²) in [5.41, 5.74) is 0. The summed E-state index contributed by atoms with van der Waals surface area (Å²) in [5, 5.41) is 9.93. The Hall–Kier alpha value is 0.540. The molecule has 0 saturated heterocycles. The van der Waals surface area contributed by atoms with Crippen molar-refractivity contribution in [1.82, 2.24) is 0 Å². The van der Waals surface area contributed by atoms with E-state index in [0.717, 1.165) is 6.42 Å². The molecule has 0 fully saturated rings. The van der Waals surface area contributed by atoms with Gasteiger partial charge in [-0.25, -0.2) is 0 Å². The first-order valence-corrected chi connectivity index (χ1v) is 2.12. The summed E-state index contributed by atoms with van der Waals surface area (Å²) in [7, 11) is 0. The smallest absolute Gasteiger partial charge is 0.876 e. The molecule has 0 aliphatic heterocycles. The molecule has 0 N–H and O–H groups in total. The molecule has 0 rings (SSSR count). The molecule has 0 aromatic heterocycles. The Kier molecular flexibility index (Phi) is 9.82. The van der Waals surface area contributed by atoms with E-state index in [4.69, 9.17) is 0 Å². The molecule has 0 aliphatic carbocycles. The third kappa shape index (κ3) is 10.8. The molecule has 0 aromatic rings. The number of hydrogen-bond donors (Lipinski definition) is 0. The molecule has 1 nitrogen and oxygen atoms in total. The second-order valence-corrected chi connectivity index (χ2v) is 1.29. The van der Waals surface area contributed by atoms with Gasteiger partial charge in [0.1, 0.15) is 0 Å². The van der Waals surface area contributed by atoms with Crippen LogP contribution < -0.4 is 34.7 Å². The maximum absolute atomic E-state index is 9.93. The molecule has 2 heteroatoms. The zero-order valence-corrected chi connectivity index (χ0v) is 7.03. The fraction of sp³-hybridized carbons (Fsp3) is 0.600. The van der Waals surface area contributed by atoms with Crippen LogP contribution in [0.5, 0.6) is 0 Å². The number of hydrogen-bond acceptors (Lipinski definition) is 1. The maximum Gasteiger partial charge on any atom is 1.00 e. The Morgan fingerprint density at radius 3 is 2.14 bits per heavy atom. The van der Waals surface area contributed by atoms with Gasteiger partial charge in [-0.15, -0.1) is 12.3 Å². The monoisotopic (exact) mass is 108 g/mol.